The van der Waals surface area contributed by atoms with Gasteiger partial charge < -0.3 is 9.51 Å². The van der Waals surface area contributed by atoms with Crippen LogP contribution in [-0.2, 0) is 0 Å². The van der Waals surface area contributed by atoms with E-state index in [9.17, 15) is 9.90 Å². The van der Waals surface area contributed by atoms with Gasteiger partial charge >= 0.3 is 5.97 Å². The van der Waals surface area contributed by atoms with Crippen LogP contribution in [0, 0.1) is 6.92 Å². The molecule has 0 radical (unpaired) electrons. The van der Waals surface area contributed by atoms with E-state index in [0.717, 1.165) is 15.7 Å². The fraction of sp³-hybridized carbons (Fsp3) is 0.0667. The average Bonchev–Trinajstić information content (AvgIpc) is 2.82. The summed E-state index contributed by atoms with van der Waals surface area (Å²) in [5.74, 6) is -0.964. The summed E-state index contributed by atoms with van der Waals surface area (Å²) in [6, 6.07) is 7.82. The second-order valence-corrected chi connectivity index (χ2v) is 6.38. The van der Waals surface area contributed by atoms with Crippen LogP contribution in [0.3, 0.4) is 0 Å². The molecular weight excluding hydrogens is 400 g/mol. The maximum atomic E-state index is 11.3. The van der Waals surface area contributed by atoms with Crippen LogP contribution in [0.15, 0.2) is 45.6 Å². The van der Waals surface area contributed by atoms with Gasteiger partial charge in [-0.3, -0.25) is 0 Å². The summed E-state index contributed by atoms with van der Waals surface area (Å²) in [5.41, 5.74) is 3.27. The molecule has 6 heteroatoms. The first kappa shape index (κ1) is 14.3. The summed E-state index contributed by atoms with van der Waals surface area (Å²) in [7, 11) is 0. The summed E-state index contributed by atoms with van der Waals surface area (Å²) in [5, 5.41) is 9.29. The first-order valence-electron chi connectivity index (χ1n) is 6.14. The van der Waals surface area contributed by atoms with Crippen molar-refractivity contribution in [1.29, 1.82) is 0 Å². The molecule has 1 aromatic carbocycles. The highest BCUT2D eigenvalue weighted by Crippen LogP contribution is 2.29. The quantitative estimate of drug-likeness (QED) is 0.676. The van der Waals surface area contributed by atoms with E-state index in [2.05, 4.69) is 36.8 Å². The second-order valence-electron chi connectivity index (χ2n) is 4.67. The molecular formula is C15H10Br2N2O2. The Kier molecular flexibility index (Phi) is 3.59. The third-order valence-electron chi connectivity index (χ3n) is 3.21. The molecule has 21 heavy (non-hydrogen) atoms. The van der Waals surface area contributed by atoms with Crippen molar-refractivity contribution in [3.05, 3.63) is 56.7 Å². The number of hydrogen-bond acceptors (Lipinski definition) is 2. The van der Waals surface area contributed by atoms with Crippen LogP contribution < -0.4 is 0 Å². The predicted octanol–water partition coefficient (Wildman–Crippen LogP) is 4.53. The van der Waals surface area contributed by atoms with Gasteiger partial charge in [-0.25, -0.2) is 9.78 Å². The van der Waals surface area contributed by atoms with Gasteiger partial charge in [-0.1, -0.05) is 28.1 Å². The summed E-state index contributed by atoms with van der Waals surface area (Å²) < 4.78 is 3.30. The number of carboxylic acid groups (broad SMARTS) is 1. The van der Waals surface area contributed by atoms with Gasteiger partial charge in [-0.15, -0.1) is 0 Å². The van der Waals surface area contributed by atoms with Crippen molar-refractivity contribution in [3.8, 4) is 11.3 Å². The Balaban J connectivity index is 2.26. The number of aromatic carboxylic acids is 1. The fourth-order valence-electron chi connectivity index (χ4n) is 2.26. The average molecular weight is 410 g/mol. The Bertz CT molecular complexity index is 871. The van der Waals surface area contributed by atoms with Crippen molar-refractivity contribution < 1.29 is 9.90 Å². The van der Waals surface area contributed by atoms with Gasteiger partial charge in [0.05, 0.1) is 15.7 Å². The Morgan fingerprint density at radius 2 is 2.05 bits per heavy atom. The molecule has 0 bridgehead atoms. The molecule has 0 spiro atoms. The Morgan fingerprint density at radius 3 is 2.71 bits per heavy atom. The lowest BCUT2D eigenvalue weighted by molar-refractivity contribution is 0.0695. The van der Waals surface area contributed by atoms with Crippen molar-refractivity contribution in [2.75, 3.05) is 0 Å². The number of imidazole rings is 1. The topological polar surface area (TPSA) is 54.6 Å². The van der Waals surface area contributed by atoms with Crippen LogP contribution in [0.2, 0.25) is 0 Å². The third kappa shape index (κ3) is 2.49. The number of halogens is 2. The zero-order valence-electron chi connectivity index (χ0n) is 11.0. The number of carboxylic acids is 1. The van der Waals surface area contributed by atoms with Crippen molar-refractivity contribution in [2.24, 2.45) is 0 Å². The van der Waals surface area contributed by atoms with Crippen LogP contribution in [0.5, 0.6) is 0 Å². The molecule has 2 heterocycles. The lowest BCUT2D eigenvalue weighted by Gasteiger charge is -2.05. The number of aryl methyl sites for hydroxylation is 1. The summed E-state index contributed by atoms with van der Waals surface area (Å²) in [6.07, 6.45) is 3.67. The predicted molar refractivity (Wildman–Crippen MR) is 87.7 cm³/mol. The van der Waals surface area contributed by atoms with E-state index in [4.69, 9.17) is 0 Å². The molecule has 4 nitrogen and oxygen atoms in total. The molecule has 0 aliphatic rings. The van der Waals surface area contributed by atoms with Gasteiger partial charge in [-0.05, 0) is 40.5 Å². The van der Waals surface area contributed by atoms with E-state index < -0.39 is 5.97 Å². The maximum absolute atomic E-state index is 11.3. The minimum Gasteiger partial charge on any atom is -0.478 e. The SMILES string of the molecule is Cc1cn2cc(-c3cccc(Br)c3)nc2c(Br)c1C(=O)O. The lowest BCUT2D eigenvalue weighted by atomic mass is 10.1. The number of nitrogens with zero attached hydrogens (tertiary/aromatic N) is 2. The van der Waals surface area contributed by atoms with Gasteiger partial charge in [-0.2, -0.15) is 0 Å². The molecule has 2 aromatic heterocycles. The number of aromatic nitrogens is 2. The zero-order chi connectivity index (χ0) is 15.1. The number of rotatable bonds is 2. The molecule has 0 atom stereocenters. The molecule has 0 aliphatic carbocycles. The van der Waals surface area contributed by atoms with E-state index in [1.807, 2.05) is 34.9 Å². The van der Waals surface area contributed by atoms with Crippen molar-refractivity contribution in [1.82, 2.24) is 9.38 Å². The van der Waals surface area contributed by atoms with Crippen LogP contribution in [0.4, 0.5) is 0 Å². The van der Waals surface area contributed by atoms with Crippen molar-refractivity contribution >= 4 is 43.5 Å². The number of carbonyl (C=O) groups is 1. The smallest absolute Gasteiger partial charge is 0.337 e. The Hall–Kier alpha value is -1.66. The number of fused-ring (bicyclic) bond motifs is 1. The molecule has 0 amide bonds. The highest BCUT2D eigenvalue weighted by Gasteiger charge is 2.17. The highest BCUT2D eigenvalue weighted by molar-refractivity contribution is 9.11. The third-order valence-corrected chi connectivity index (χ3v) is 4.45. The fourth-order valence-corrected chi connectivity index (χ4v) is 3.44. The molecule has 0 fully saturated rings. The van der Waals surface area contributed by atoms with Crippen LogP contribution >= 0.6 is 31.9 Å². The Labute approximate surface area is 137 Å². The maximum Gasteiger partial charge on any atom is 0.337 e. The largest absolute Gasteiger partial charge is 0.478 e. The van der Waals surface area contributed by atoms with Gasteiger partial charge in [0.2, 0.25) is 0 Å². The second kappa shape index (κ2) is 5.27. The highest BCUT2D eigenvalue weighted by atomic mass is 79.9. The van der Waals surface area contributed by atoms with Crippen LogP contribution in [-0.4, -0.2) is 20.5 Å². The van der Waals surface area contributed by atoms with Gasteiger partial charge in [0, 0.05) is 22.4 Å². The van der Waals surface area contributed by atoms with Gasteiger partial charge in [0.25, 0.3) is 0 Å². The standard InChI is InChI=1S/C15H10Br2N2O2/c1-8-6-19-7-11(9-3-2-4-10(16)5-9)18-14(19)13(17)12(8)15(20)21/h2-7H,1H3,(H,20,21). The first-order chi connectivity index (χ1) is 9.97. The Morgan fingerprint density at radius 1 is 1.29 bits per heavy atom. The molecule has 0 saturated heterocycles. The van der Waals surface area contributed by atoms with E-state index in [1.165, 1.54) is 0 Å². The van der Waals surface area contributed by atoms with Gasteiger partial charge in [0.15, 0.2) is 5.65 Å². The molecule has 3 aromatic rings. The first-order valence-corrected chi connectivity index (χ1v) is 7.73. The number of benzene rings is 1. The van der Waals surface area contributed by atoms with E-state index in [1.54, 1.807) is 13.1 Å². The van der Waals surface area contributed by atoms with E-state index in [0.29, 0.717) is 15.7 Å². The van der Waals surface area contributed by atoms with Crippen molar-refractivity contribution in [3.63, 3.8) is 0 Å². The summed E-state index contributed by atoms with van der Waals surface area (Å²) in [6.45, 7) is 1.77. The van der Waals surface area contributed by atoms with E-state index in [-0.39, 0.29) is 5.56 Å². The van der Waals surface area contributed by atoms with Crippen LogP contribution in [0.1, 0.15) is 15.9 Å². The zero-order valence-corrected chi connectivity index (χ0v) is 14.1. The molecule has 3 rings (SSSR count). The summed E-state index contributed by atoms with van der Waals surface area (Å²) in [4.78, 5) is 15.9. The summed E-state index contributed by atoms with van der Waals surface area (Å²) >= 11 is 6.80. The molecule has 0 unspecified atom stereocenters. The van der Waals surface area contributed by atoms with E-state index >= 15 is 0 Å². The minimum absolute atomic E-state index is 0.244. The minimum atomic E-state index is -0.964. The van der Waals surface area contributed by atoms with Crippen LogP contribution in [0.25, 0.3) is 16.9 Å². The molecule has 0 aliphatic heterocycles. The van der Waals surface area contributed by atoms with Crippen molar-refractivity contribution in [2.45, 2.75) is 6.92 Å². The molecule has 0 saturated carbocycles. The monoisotopic (exact) mass is 408 g/mol. The molecule has 1 N–H and O–H groups in total. The molecule has 106 valence electrons. The normalized spacial score (nSPS) is 11.0. The number of pyridine rings is 1. The van der Waals surface area contributed by atoms with Gasteiger partial charge in [0.1, 0.15) is 0 Å². The number of hydrogen-bond donors (Lipinski definition) is 1. The lowest BCUT2D eigenvalue weighted by Crippen LogP contribution is -2.03.